The number of phenols is 1. The Hall–Kier alpha value is -3.71. The molecule has 2 saturated heterocycles. The van der Waals surface area contributed by atoms with Crippen molar-refractivity contribution in [1.29, 1.82) is 0 Å². The molecule has 1 aromatic heterocycles. The molecule has 16 heteroatoms. The van der Waals surface area contributed by atoms with Crippen LogP contribution in [-0.2, 0) is 14.2 Å². The average Bonchev–Trinajstić information content (AvgIpc) is 3.31. The van der Waals surface area contributed by atoms with Gasteiger partial charge in [0, 0.05) is 12.1 Å². The zero-order valence-electron chi connectivity index (χ0n) is 24.3. The van der Waals surface area contributed by atoms with Crippen LogP contribution in [0.4, 0.5) is 0 Å². The molecular formula is C29H34O16. The molecule has 2 aromatic carbocycles. The molecule has 9 unspecified atom stereocenters. The van der Waals surface area contributed by atoms with Crippen LogP contribution in [0.2, 0.25) is 0 Å². The molecule has 7 N–H and O–H groups in total. The topological polar surface area (TPSA) is 236 Å². The van der Waals surface area contributed by atoms with Crippen LogP contribution >= 0.6 is 0 Å². The van der Waals surface area contributed by atoms with Gasteiger partial charge in [0.25, 0.3) is 0 Å². The highest BCUT2D eigenvalue weighted by molar-refractivity contribution is 5.88. The maximum Gasteiger partial charge on any atom is 0.229 e. The first-order chi connectivity index (χ1) is 21.5. The van der Waals surface area contributed by atoms with Crippen molar-refractivity contribution in [3.63, 3.8) is 0 Å². The Morgan fingerprint density at radius 2 is 1.44 bits per heavy atom. The van der Waals surface area contributed by atoms with Crippen molar-refractivity contribution >= 4 is 11.0 Å². The molecule has 0 aliphatic carbocycles. The predicted molar refractivity (Wildman–Crippen MR) is 150 cm³/mol. The Morgan fingerprint density at radius 3 is 2.09 bits per heavy atom. The number of aliphatic hydroxyl groups is 6. The zero-order chi connectivity index (χ0) is 32.6. The number of hydrogen-bond donors (Lipinski definition) is 7. The SMILES string of the molecule is COc1cc(O)c2c(=O)c(-c3cc(OC)c(OC)c(OC4OC(COC5OC(CO)C(O)C5O)C(O)C(O)C4O)c3)coc2c1. The van der Waals surface area contributed by atoms with Crippen molar-refractivity contribution < 1.29 is 73.3 Å². The first kappa shape index (κ1) is 32.7. The van der Waals surface area contributed by atoms with Crippen LogP contribution in [0.15, 0.2) is 39.7 Å². The molecule has 16 nitrogen and oxygen atoms in total. The molecule has 0 spiro atoms. The molecule has 246 valence electrons. The lowest BCUT2D eigenvalue weighted by molar-refractivity contribution is -0.290. The van der Waals surface area contributed by atoms with E-state index in [0.717, 1.165) is 0 Å². The second kappa shape index (κ2) is 13.3. The quantitative estimate of drug-likeness (QED) is 0.139. The van der Waals surface area contributed by atoms with E-state index in [1.165, 1.54) is 51.9 Å². The number of aliphatic hydroxyl groups excluding tert-OH is 6. The Bertz CT molecular complexity index is 1560. The second-order valence-electron chi connectivity index (χ2n) is 10.4. The molecule has 5 rings (SSSR count). The molecule has 2 aliphatic heterocycles. The minimum absolute atomic E-state index is 0.000827. The molecule has 0 amide bonds. The summed E-state index contributed by atoms with van der Waals surface area (Å²) >= 11 is 0. The van der Waals surface area contributed by atoms with Crippen molar-refractivity contribution in [3.8, 4) is 39.9 Å². The number of phenolic OH excluding ortho intramolecular Hbond substituents is 1. The maximum atomic E-state index is 13.5. The van der Waals surface area contributed by atoms with Gasteiger partial charge in [-0.05, 0) is 17.7 Å². The first-order valence-electron chi connectivity index (χ1n) is 13.7. The molecular weight excluding hydrogens is 604 g/mol. The fraction of sp³-hybridized carbons (Fsp3) is 0.483. The normalized spacial score (nSPS) is 29.9. The summed E-state index contributed by atoms with van der Waals surface area (Å²) in [5.41, 5.74) is -0.319. The lowest BCUT2D eigenvalue weighted by Crippen LogP contribution is -2.60. The van der Waals surface area contributed by atoms with Crippen molar-refractivity contribution in [2.24, 2.45) is 0 Å². The van der Waals surface area contributed by atoms with Gasteiger partial charge in [0.15, 0.2) is 17.8 Å². The summed E-state index contributed by atoms with van der Waals surface area (Å²) in [6, 6.07) is 5.52. The van der Waals surface area contributed by atoms with Crippen molar-refractivity contribution in [2.45, 2.75) is 55.3 Å². The molecule has 3 aromatic rings. The molecule has 2 aliphatic rings. The average molecular weight is 639 g/mol. The summed E-state index contributed by atoms with van der Waals surface area (Å²) in [6.45, 7) is -1.08. The number of rotatable bonds is 10. The third-order valence-electron chi connectivity index (χ3n) is 7.66. The molecule has 0 saturated carbocycles. The third kappa shape index (κ3) is 6.11. The number of fused-ring (bicyclic) bond motifs is 1. The third-order valence-corrected chi connectivity index (χ3v) is 7.66. The summed E-state index contributed by atoms with van der Waals surface area (Å²) in [4.78, 5) is 13.5. The van der Waals surface area contributed by atoms with E-state index in [1.807, 2.05) is 0 Å². The lowest BCUT2D eigenvalue weighted by atomic mass is 9.99. The maximum absolute atomic E-state index is 13.5. The van der Waals surface area contributed by atoms with Gasteiger partial charge in [0.2, 0.25) is 17.5 Å². The van der Waals surface area contributed by atoms with Gasteiger partial charge in [0.1, 0.15) is 71.5 Å². The van der Waals surface area contributed by atoms with Gasteiger partial charge < -0.3 is 73.3 Å². The van der Waals surface area contributed by atoms with Crippen LogP contribution in [0.3, 0.4) is 0 Å². The molecule has 45 heavy (non-hydrogen) atoms. The Kier molecular flexibility index (Phi) is 9.68. The summed E-state index contributed by atoms with van der Waals surface area (Å²) in [5, 5.41) is 71.6. The number of aromatic hydroxyl groups is 1. The van der Waals surface area contributed by atoms with Crippen molar-refractivity contribution in [2.75, 3.05) is 34.5 Å². The fourth-order valence-electron chi connectivity index (χ4n) is 5.17. The van der Waals surface area contributed by atoms with E-state index in [4.69, 9.17) is 37.6 Å². The van der Waals surface area contributed by atoms with E-state index < -0.39 is 74.0 Å². The van der Waals surface area contributed by atoms with E-state index in [-0.39, 0.29) is 50.8 Å². The zero-order valence-corrected chi connectivity index (χ0v) is 24.3. The summed E-state index contributed by atoms with van der Waals surface area (Å²) in [5.74, 6) is -0.0821. The fourth-order valence-corrected chi connectivity index (χ4v) is 5.17. The Labute approximate surface area is 255 Å². The summed E-state index contributed by atoms with van der Waals surface area (Å²) < 4.78 is 44.0. The smallest absolute Gasteiger partial charge is 0.229 e. The van der Waals surface area contributed by atoms with E-state index >= 15 is 0 Å². The van der Waals surface area contributed by atoms with Gasteiger partial charge in [-0.15, -0.1) is 0 Å². The highest BCUT2D eigenvalue weighted by Gasteiger charge is 2.48. The largest absolute Gasteiger partial charge is 0.507 e. The standard InChI is InChI=1S/C29H34O16/c1-38-12-6-14(31)20-15(7-12)41-9-13(21(20)32)11-4-16(39-2)27(40-3)17(5-11)43-29-26(37)24(35)23(34)19(45-29)10-42-28-25(36)22(33)18(8-30)44-28/h4-7,9,18-19,22-26,28-31,33-37H,8,10H2,1-3H3. The van der Waals surface area contributed by atoms with Gasteiger partial charge in [-0.1, -0.05) is 0 Å². The van der Waals surface area contributed by atoms with Crippen molar-refractivity contribution in [1.82, 2.24) is 0 Å². The molecule has 2 fully saturated rings. The molecule has 0 radical (unpaired) electrons. The van der Waals surface area contributed by atoms with Crippen molar-refractivity contribution in [3.05, 3.63) is 40.8 Å². The van der Waals surface area contributed by atoms with E-state index in [1.54, 1.807) is 0 Å². The van der Waals surface area contributed by atoms with Gasteiger partial charge >= 0.3 is 0 Å². The van der Waals surface area contributed by atoms with Crippen LogP contribution in [0.25, 0.3) is 22.1 Å². The molecule has 9 atom stereocenters. The molecule has 0 bridgehead atoms. The minimum Gasteiger partial charge on any atom is -0.507 e. The van der Waals surface area contributed by atoms with Gasteiger partial charge in [-0.3, -0.25) is 4.79 Å². The van der Waals surface area contributed by atoms with Crippen LogP contribution in [0, 0.1) is 0 Å². The van der Waals surface area contributed by atoms with E-state index in [9.17, 15) is 40.5 Å². The van der Waals surface area contributed by atoms with Gasteiger partial charge in [-0.2, -0.15) is 0 Å². The number of ether oxygens (including phenoxy) is 7. The second-order valence-corrected chi connectivity index (χ2v) is 10.4. The number of methoxy groups -OCH3 is 3. The highest BCUT2D eigenvalue weighted by atomic mass is 16.7. The van der Waals surface area contributed by atoms with Crippen LogP contribution in [0.1, 0.15) is 0 Å². The van der Waals surface area contributed by atoms with E-state index in [2.05, 4.69) is 0 Å². The van der Waals surface area contributed by atoms with Gasteiger partial charge in [0.05, 0.1) is 40.1 Å². The number of benzene rings is 2. The first-order valence-corrected chi connectivity index (χ1v) is 13.7. The number of hydrogen-bond acceptors (Lipinski definition) is 16. The van der Waals surface area contributed by atoms with Crippen LogP contribution < -0.4 is 24.4 Å². The van der Waals surface area contributed by atoms with Crippen LogP contribution in [0.5, 0.6) is 28.7 Å². The molecule has 3 heterocycles. The summed E-state index contributed by atoms with van der Waals surface area (Å²) in [7, 11) is 4.05. The lowest BCUT2D eigenvalue weighted by Gasteiger charge is -2.40. The monoisotopic (exact) mass is 638 g/mol. The van der Waals surface area contributed by atoms with Crippen LogP contribution in [-0.4, -0.2) is 126 Å². The summed E-state index contributed by atoms with van der Waals surface area (Å²) in [6.07, 6.45) is -12.5. The Balaban J connectivity index is 1.44. The highest BCUT2D eigenvalue weighted by Crippen LogP contribution is 2.43. The predicted octanol–water partition coefficient (Wildman–Crippen LogP) is -1.17. The van der Waals surface area contributed by atoms with Gasteiger partial charge in [-0.25, -0.2) is 0 Å². The van der Waals surface area contributed by atoms with E-state index in [0.29, 0.717) is 0 Å². The minimum atomic E-state index is -1.79. The Morgan fingerprint density at radius 1 is 0.778 bits per heavy atom.